The van der Waals surface area contributed by atoms with Gasteiger partial charge in [0.05, 0.1) is 12.8 Å². The van der Waals surface area contributed by atoms with Crippen LogP contribution in [0.3, 0.4) is 0 Å². The minimum absolute atomic E-state index is 0.273. The van der Waals surface area contributed by atoms with Gasteiger partial charge in [0, 0.05) is 17.6 Å². The average Bonchev–Trinajstić information content (AvgIpc) is 2.57. The number of benzene rings is 2. The van der Waals surface area contributed by atoms with Crippen molar-refractivity contribution in [1.29, 1.82) is 0 Å². The van der Waals surface area contributed by atoms with Gasteiger partial charge in [-0.15, -0.1) is 0 Å². The van der Waals surface area contributed by atoms with Gasteiger partial charge in [0.25, 0.3) is 5.91 Å². The molecule has 0 aliphatic heterocycles. The summed E-state index contributed by atoms with van der Waals surface area (Å²) in [5, 5.41) is 4.32. The van der Waals surface area contributed by atoms with E-state index in [1.165, 1.54) is 13.2 Å². The minimum atomic E-state index is -0.414. The van der Waals surface area contributed by atoms with Crippen molar-refractivity contribution in [3.63, 3.8) is 0 Å². The second-order valence-corrected chi connectivity index (χ2v) is 5.14. The molecule has 1 amide bonds. The zero-order valence-corrected chi connectivity index (χ0v) is 12.8. The highest BCUT2D eigenvalue weighted by atomic mass is 19.1. The summed E-state index contributed by atoms with van der Waals surface area (Å²) < 4.78 is 19.0. The Bertz CT molecular complexity index is 888. The number of hydrogen-bond acceptors (Lipinski definition) is 3. The van der Waals surface area contributed by atoms with Crippen molar-refractivity contribution in [2.75, 3.05) is 12.4 Å². The molecule has 0 aliphatic rings. The van der Waals surface area contributed by atoms with E-state index in [-0.39, 0.29) is 11.4 Å². The maximum Gasteiger partial charge on any atom is 0.275 e. The molecule has 0 saturated heterocycles. The molecule has 2 aromatic carbocycles. The Morgan fingerprint density at radius 3 is 2.78 bits per heavy atom. The topological polar surface area (TPSA) is 51.2 Å². The van der Waals surface area contributed by atoms with Gasteiger partial charge in [-0.1, -0.05) is 24.3 Å². The first-order valence-corrected chi connectivity index (χ1v) is 7.09. The Hall–Kier alpha value is -2.95. The average molecular weight is 310 g/mol. The van der Waals surface area contributed by atoms with Crippen LogP contribution in [0.4, 0.5) is 10.1 Å². The second kappa shape index (κ2) is 6.04. The van der Waals surface area contributed by atoms with Gasteiger partial charge in [0.1, 0.15) is 17.3 Å². The van der Waals surface area contributed by atoms with E-state index >= 15 is 0 Å². The lowest BCUT2D eigenvalue weighted by Crippen LogP contribution is -2.15. The van der Waals surface area contributed by atoms with Crippen LogP contribution in [0.2, 0.25) is 0 Å². The third-order valence-corrected chi connectivity index (χ3v) is 3.62. The number of anilines is 1. The molecular weight excluding hydrogens is 295 g/mol. The van der Waals surface area contributed by atoms with Crippen molar-refractivity contribution in [1.82, 2.24) is 4.98 Å². The Kier molecular flexibility index (Phi) is 3.93. The van der Waals surface area contributed by atoms with E-state index in [9.17, 15) is 9.18 Å². The number of halogens is 1. The summed E-state index contributed by atoms with van der Waals surface area (Å²) in [6.45, 7) is 1.63. The van der Waals surface area contributed by atoms with Gasteiger partial charge in [-0.3, -0.25) is 9.78 Å². The molecule has 0 bridgehead atoms. The van der Waals surface area contributed by atoms with Gasteiger partial charge >= 0.3 is 0 Å². The summed E-state index contributed by atoms with van der Waals surface area (Å²) in [6.07, 6.45) is 1.57. The number of nitrogens with one attached hydrogen (secondary N) is 1. The Morgan fingerprint density at radius 1 is 1.22 bits per heavy atom. The van der Waals surface area contributed by atoms with Crippen LogP contribution in [-0.4, -0.2) is 18.0 Å². The summed E-state index contributed by atoms with van der Waals surface area (Å²) in [5.74, 6) is -0.423. The molecule has 5 heteroatoms. The quantitative estimate of drug-likeness (QED) is 0.797. The SMILES string of the molecule is COc1cc(C)c(F)cc1NC(=O)c1nccc2ccccc12. The fraction of sp³-hybridized carbons (Fsp3) is 0.111. The largest absolute Gasteiger partial charge is 0.495 e. The number of carbonyl (C=O) groups is 1. The highest BCUT2D eigenvalue weighted by molar-refractivity contribution is 6.11. The van der Waals surface area contributed by atoms with Crippen LogP contribution in [-0.2, 0) is 0 Å². The molecule has 0 atom stereocenters. The van der Waals surface area contributed by atoms with Crippen molar-refractivity contribution in [2.45, 2.75) is 6.92 Å². The van der Waals surface area contributed by atoms with E-state index in [1.54, 1.807) is 19.2 Å². The number of methoxy groups -OCH3 is 1. The number of hydrogen-bond donors (Lipinski definition) is 1. The van der Waals surface area contributed by atoms with Gasteiger partial charge in [-0.05, 0) is 30.0 Å². The monoisotopic (exact) mass is 310 g/mol. The molecule has 3 aromatic rings. The predicted octanol–water partition coefficient (Wildman–Crippen LogP) is 3.94. The zero-order valence-electron chi connectivity index (χ0n) is 12.8. The van der Waals surface area contributed by atoms with Gasteiger partial charge in [0.15, 0.2) is 0 Å². The molecule has 4 nitrogen and oxygen atoms in total. The molecule has 1 heterocycles. The normalized spacial score (nSPS) is 10.6. The molecule has 116 valence electrons. The number of pyridine rings is 1. The summed E-state index contributed by atoms with van der Waals surface area (Å²) in [6, 6.07) is 12.1. The molecule has 0 saturated carbocycles. The van der Waals surface area contributed by atoms with Crippen molar-refractivity contribution >= 4 is 22.4 Å². The van der Waals surface area contributed by atoms with E-state index in [2.05, 4.69) is 10.3 Å². The number of fused-ring (bicyclic) bond motifs is 1. The Morgan fingerprint density at radius 2 is 2.00 bits per heavy atom. The molecule has 1 N–H and O–H groups in total. The summed E-state index contributed by atoms with van der Waals surface area (Å²) in [4.78, 5) is 16.7. The molecule has 3 rings (SSSR count). The van der Waals surface area contributed by atoms with Gasteiger partial charge in [-0.2, -0.15) is 0 Å². The van der Waals surface area contributed by atoms with E-state index in [0.717, 1.165) is 10.8 Å². The number of aryl methyl sites for hydroxylation is 1. The van der Waals surface area contributed by atoms with Crippen LogP contribution in [0, 0.1) is 12.7 Å². The van der Waals surface area contributed by atoms with Crippen LogP contribution in [0.25, 0.3) is 10.8 Å². The first-order valence-electron chi connectivity index (χ1n) is 7.09. The zero-order chi connectivity index (χ0) is 16.4. The van der Waals surface area contributed by atoms with Gasteiger partial charge < -0.3 is 10.1 Å². The van der Waals surface area contributed by atoms with Crippen molar-refractivity contribution in [2.24, 2.45) is 0 Å². The van der Waals surface area contributed by atoms with E-state index in [0.29, 0.717) is 11.3 Å². The molecule has 0 fully saturated rings. The van der Waals surface area contributed by atoms with Gasteiger partial charge in [-0.25, -0.2) is 4.39 Å². The fourth-order valence-corrected chi connectivity index (χ4v) is 2.40. The number of nitrogens with zero attached hydrogens (tertiary/aromatic N) is 1. The summed E-state index contributed by atoms with van der Waals surface area (Å²) in [7, 11) is 1.47. The van der Waals surface area contributed by atoms with E-state index < -0.39 is 11.7 Å². The van der Waals surface area contributed by atoms with E-state index in [4.69, 9.17) is 4.74 Å². The number of ether oxygens (including phenoxy) is 1. The molecule has 0 spiro atoms. The third kappa shape index (κ3) is 2.85. The molecular formula is C18H15FN2O2. The smallest absolute Gasteiger partial charge is 0.275 e. The van der Waals surface area contributed by atoms with Crippen molar-refractivity contribution < 1.29 is 13.9 Å². The second-order valence-electron chi connectivity index (χ2n) is 5.14. The van der Waals surface area contributed by atoms with Crippen molar-refractivity contribution in [3.05, 3.63) is 65.7 Å². The number of rotatable bonds is 3. The maximum absolute atomic E-state index is 13.8. The number of aromatic nitrogens is 1. The highest BCUT2D eigenvalue weighted by Crippen LogP contribution is 2.28. The number of carbonyl (C=O) groups excluding carboxylic acids is 1. The number of amides is 1. The Labute approximate surface area is 132 Å². The van der Waals surface area contributed by atoms with Crippen molar-refractivity contribution in [3.8, 4) is 5.75 Å². The first kappa shape index (κ1) is 15.0. The van der Waals surface area contributed by atoms with Gasteiger partial charge in [0.2, 0.25) is 0 Å². The lowest BCUT2D eigenvalue weighted by molar-refractivity contribution is 0.102. The standard InChI is InChI=1S/C18H15FN2O2/c1-11-9-16(23-2)15(10-14(11)19)21-18(22)17-13-6-4-3-5-12(13)7-8-20-17/h3-10H,1-2H3,(H,21,22). The van der Waals surface area contributed by atoms with Crippen LogP contribution in [0.5, 0.6) is 5.75 Å². The molecule has 23 heavy (non-hydrogen) atoms. The van der Waals surface area contributed by atoms with E-state index in [1.807, 2.05) is 30.3 Å². The lowest BCUT2D eigenvalue weighted by atomic mass is 10.1. The van der Waals surface area contributed by atoms with Crippen LogP contribution in [0.1, 0.15) is 16.1 Å². The predicted molar refractivity (Wildman–Crippen MR) is 87.4 cm³/mol. The van der Waals surface area contributed by atoms with Crippen LogP contribution in [0.15, 0.2) is 48.7 Å². The molecule has 0 unspecified atom stereocenters. The highest BCUT2D eigenvalue weighted by Gasteiger charge is 2.15. The summed E-state index contributed by atoms with van der Waals surface area (Å²) in [5.41, 5.74) is 1.00. The Balaban J connectivity index is 2.00. The molecule has 1 aromatic heterocycles. The molecule has 0 radical (unpaired) electrons. The summed E-state index contributed by atoms with van der Waals surface area (Å²) >= 11 is 0. The molecule has 0 aliphatic carbocycles. The van der Waals surface area contributed by atoms with Crippen LogP contribution >= 0.6 is 0 Å². The maximum atomic E-state index is 13.8. The van der Waals surface area contributed by atoms with Crippen LogP contribution < -0.4 is 10.1 Å². The minimum Gasteiger partial charge on any atom is -0.495 e. The first-order chi connectivity index (χ1) is 11.1. The fourth-order valence-electron chi connectivity index (χ4n) is 2.40. The third-order valence-electron chi connectivity index (χ3n) is 3.62. The lowest BCUT2D eigenvalue weighted by Gasteiger charge is -2.12.